The fraction of sp³-hybridized carbons (Fsp3) is 0.722. The highest BCUT2D eigenvalue weighted by atomic mass is 16.2. The first kappa shape index (κ1) is 16.2. The van der Waals surface area contributed by atoms with Crippen molar-refractivity contribution in [3.8, 4) is 0 Å². The molecule has 3 amide bonds. The molecule has 2 atom stereocenters. The summed E-state index contributed by atoms with van der Waals surface area (Å²) >= 11 is 0. The van der Waals surface area contributed by atoms with E-state index in [-0.39, 0.29) is 48.6 Å². The number of rotatable bonds is 4. The second-order valence-corrected chi connectivity index (χ2v) is 6.99. The quantitative estimate of drug-likeness (QED) is 0.491. The van der Waals surface area contributed by atoms with Crippen LogP contribution in [0.2, 0.25) is 0 Å². The highest BCUT2D eigenvalue weighted by Gasteiger charge is 2.46. The number of amides is 3. The molecule has 1 heterocycles. The zero-order valence-electron chi connectivity index (χ0n) is 13.6. The number of nitrogens with zero attached hydrogens (tertiary/aromatic N) is 1. The SMILES string of the molecule is O=C(CCN1C(=O)[C@H]2CC=CC[C@H]2C1=O)NC1CCCCCC1. The summed E-state index contributed by atoms with van der Waals surface area (Å²) in [6, 6.07) is 0.266. The Labute approximate surface area is 137 Å². The van der Waals surface area contributed by atoms with Crippen LogP contribution < -0.4 is 5.32 Å². The van der Waals surface area contributed by atoms with Crippen LogP contribution in [0.15, 0.2) is 12.2 Å². The molecular weight excluding hydrogens is 292 g/mol. The van der Waals surface area contributed by atoms with Crippen LogP contribution in [0.3, 0.4) is 0 Å². The lowest BCUT2D eigenvalue weighted by molar-refractivity contribution is -0.140. The molecule has 3 rings (SSSR count). The number of fused-ring (bicyclic) bond motifs is 1. The van der Waals surface area contributed by atoms with Crippen molar-refractivity contribution in [3.63, 3.8) is 0 Å². The van der Waals surface area contributed by atoms with E-state index in [1.807, 2.05) is 12.2 Å². The van der Waals surface area contributed by atoms with E-state index >= 15 is 0 Å². The van der Waals surface area contributed by atoms with E-state index in [0.717, 1.165) is 12.8 Å². The van der Waals surface area contributed by atoms with Gasteiger partial charge in [0, 0.05) is 19.0 Å². The summed E-state index contributed by atoms with van der Waals surface area (Å²) in [6.07, 6.45) is 12.4. The van der Waals surface area contributed by atoms with Gasteiger partial charge < -0.3 is 5.32 Å². The Kier molecular flexibility index (Phi) is 5.13. The molecule has 5 heteroatoms. The third-order valence-corrected chi connectivity index (χ3v) is 5.38. The summed E-state index contributed by atoms with van der Waals surface area (Å²) in [5.74, 6) is -0.612. The standard InChI is InChI=1S/C18H26N2O3/c21-16(19-13-7-3-1-2-4-8-13)11-12-20-17(22)14-9-5-6-10-15(14)18(20)23/h5-6,13-15H,1-4,7-12H2,(H,19,21)/t14-,15+. The van der Waals surface area contributed by atoms with Crippen molar-refractivity contribution in [2.24, 2.45) is 11.8 Å². The lowest BCUT2D eigenvalue weighted by atomic mass is 9.85. The Bertz CT molecular complexity index is 480. The summed E-state index contributed by atoms with van der Waals surface area (Å²) in [7, 11) is 0. The number of nitrogens with one attached hydrogen (secondary N) is 1. The first-order valence-corrected chi connectivity index (χ1v) is 8.96. The van der Waals surface area contributed by atoms with Gasteiger partial charge in [-0.3, -0.25) is 19.3 Å². The number of hydrogen-bond donors (Lipinski definition) is 1. The second kappa shape index (κ2) is 7.28. The molecule has 0 unspecified atom stereocenters. The number of carbonyl (C=O) groups excluding carboxylic acids is 3. The van der Waals surface area contributed by atoms with Gasteiger partial charge in [0.25, 0.3) is 0 Å². The minimum Gasteiger partial charge on any atom is -0.353 e. The molecule has 2 fully saturated rings. The fourth-order valence-corrected chi connectivity index (χ4v) is 4.03. The van der Waals surface area contributed by atoms with Crippen LogP contribution in [-0.2, 0) is 14.4 Å². The van der Waals surface area contributed by atoms with Crippen molar-refractivity contribution in [1.29, 1.82) is 0 Å². The molecule has 5 nitrogen and oxygen atoms in total. The van der Waals surface area contributed by atoms with E-state index in [1.165, 1.54) is 30.6 Å². The van der Waals surface area contributed by atoms with E-state index < -0.39 is 0 Å². The molecule has 0 aromatic rings. The van der Waals surface area contributed by atoms with Crippen molar-refractivity contribution >= 4 is 17.7 Å². The maximum absolute atomic E-state index is 12.3. The third kappa shape index (κ3) is 3.65. The number of likely N-dealkylation sites (tertiary alicyclic amines) is 1. The van der Waals surface area contributed by atoms with Gasteiger partial charge >= 0.3 is 0 Å². The monoisotopic (exact) mass is 318 g/mol. The first-order valence-electron chi connectivity index (χ1n) is 8.96. The van der Waals surface area contributed by atoms with E-state index in [1.54, 1.807) is 0 Å². The minimum atomic E-state index is -0.197. The number of carbonyl (C=O) groups is 3. The molecule has 0 aromatic carbocycles. The molecule has 3 aliphatic rings. The molecule has 1 aliphatic heterocycles. The Balaban J connectivity index is 1.49. The van der Waals surface area contributed by atoms with Crippen LogP contribution in [0.4, 0.5) is 0 Å². The van der Waals surface area contributed by atoms with Crippen LogP contribution >= 0.6 is 0 Å². The van der Waals surface area contributed by atoms with E-state index in [9.17, 15) is 14.4 Å². The maximum atomic E-state index is 12.3. The molecule has 23 heavy (non-hydrogen) atoms. The maximum Gasteiger partial charge on any atom is 0.233 e. The van der Waals surface area contributed by atoms with Crippen LogP contribution in [0.25, 0.3) is 0 Å². The Morgan fingerprint density at radius 2 is 1.57 bits per heavy atom. The molecule has 0 aromatic heterocycles. The van der Waals surface area contributed by atoms with E-state index in [2.05, 4.69) is 5.32 Å². The van der Waals surface area contributed by atoms with Gasteiger partial charge in [0.05, 0.1) is 11.8 Å². The Morgan fingerprint density at radius 3 is 2.13 bits per heavy atom. The highest BCUT2D eigenvalue weighted by Crippen LogP contribution is 2.34. The predicted molar refractivity (Wildman–Crippen MR) is 86.3 cm³/mol. The molecule has 126 valence electrons. The van der Waals surface area contributed by atoms with Crippen molar-refractivity contribution in [1.82, 2.24) is 10.2 Å². The molecule has 0 spiro atoms. The second-order valence-electron chi connectivity index (χ2n) is 6.99. The van der Waals surface area contributed by atoms with Gasteiger partial charge in [-0.25, -0.2) is 0 Å². The fourth-order valence-electron chi connectivity index (χ4n) is 4.03. The van der Waals surface area contributed by atoms with Crippen LogP contribution in [-0.4, -0.2) is 35.2 Å². The van der Waals surface area contributed by atoms with Gasteiger partial charge in [-0.05, 0) is 25.7 Å². The smallest absolute Gasteiger partial charge is 0.233 e. The minimum absolute atomic E-state index is 0.0366. The first-order chi connectivity index (χ1) is 11.2. The zero-order chi connectivity index (χ0) is 16.2. The average Bonchev–Trinajstić information content (AvgIpc) is 2.74. The van der Waals surface area contributed by atoms with E-state index in [0.29, 0.717) is 12.8 Å². The van der Waals surface area contributed by atoms with E-state index in [4.69, 9.17) is 0 Å². The topological polar surface area (TPSA) is 66.5 Å². The Morgan fingerprint density at radius 1 is 1.00 bits per heavy atom. The highest BCUT2D eigenvalue weighted by molar-refractivity contribution is 6.05. The Hall–Kier alpha value is -1.65. The van der Waals surface area contributed by atoms with Gasteiger partial charge in [-0.15, -0.1) is 0 Å². The van der Waals surface area contributed by atoms with Crippen molar-refractivity contribution in [3.05, 3.63) is 12.2 Å². The van der Waals surface area contributed by atoms with Gasteiger partial charge in [0.1, 0.15) is 0 Å². The molecule has 2 aliphatic carbocycles. The number of allylic oxidation sites excluding steroid dienone is 2. The van der Waals surface area contributed by atoms with Crippen LogP contribution in [0.1, 0.15) is 57.8 Å². The summed E-state index contributed by atoms with van der Waals surface area (Å²) in [6.45, 7) is 0.225. The normalized spacial score (nSPS) is 28.6. The lowest BCUT2D eigenvalue weighted by Crippen LogP contribution is -2.38. The molecule has 1 saturated heterocycles. The van der Waals surface area contributed by atoms with Crippen molar-refractivity contribution < 1.29 is 14.4 Å². The zero-order valence-corrected chi connectivity index (χ0v) is 13.6. The predicted octanol–water partition coefficient (Wildman–Crippen LogP) is 2.17. The van der Waals surface area contributed by atoms with Gasteiger partial charge in [-0.1, -0.05) is 37.8 Å². The molecule has 0 bridgehead atoms. The molecular formula is C18H26N2O3. The average molecular weight is 318 g/mol. The number of imide groups is 1. The summed E-state index contributed by atoms with van der Waals surface area (Å²) in [5.41, 5.74) is 0. The summed E-state index contributed by atoms with van der Waals surface area (Å²) in [5, 5.41) is 3.07. The summed E-state index contributed by atoms with van der Waals surface area (Å²) < 4.78 is 0. The van der Waals surface area contributed by atoms with Gasteiger partial charge in [-0.2, -0.15) is 0 Å². The molecule has 1 N–H and O–H groups in total. The van der Waals surface area contributed by atoms with Gasteiger partial charge in [0.15, 0.2) is 0 Å². The van der Waals surface area contributed by atoms with Crippen molar-refractivity contribution in [2.45, 2.75) is 63.8 Å². The largest absolute Gasteiger partial charge is 0.353 e. The van der Waals surface area contributed by atoms with Crippen LogP contribution in [0, 0.1) is 11.8 Å². The number of hydrogen-bond acceptors (Lipinski definition) is 3. The molecule has 0 radical (unpaired) electrons. The van der Waals surface area contributed by atoms with Crippen molar-refractivity contribution in [2.75, 3.05) is 6.54 Å². The third-order valence-electron chi connectivity index (χ3n) is 5.38. The molecule has 1 saturated carbocycles. The lowest BCUT2D eigenvalue weighted by Gasteiger charge is -2.18. The van der Waals surface area contributed by atoms with Gasteiger partial charge in [0.2, 0.25) is 17.7 Å². The van der Waals surface area contributed by atoms with Crippen LogP contribution in [0.5, 0.6) is 0 Å². The summed E-state index contributed by atoms with van der Waals surface area (Å²) in [4.78, 5) is 38.1.